The van der Waals surface area contributed by atoms with Gasteiger partial charge in [-0.1, -0.05) is 30.3 Å². The maximum Gasteiger partial charge on any atom is 0.224 e. The number of carbonyl (C=O) groups is 1. The SMILES string of the molecule is O=C(NC(CCCO)c1ccccc1)C1CC1c1ccco1. The third kappa shape index (κ3) is 3.39. The second-order valence-electron chi connectivity index (χ2n) is 5.80. The zero-order chi connectivity index (χ0) is 15.4. The highest BCUT2D eigenvalue weighted by atomic mass is 16.3. The van der Waals surface area contributed by atoms with Gasteiger partial charge in [-0.15, -0.1) is 0 Å². The van der Waals surface area contributed by atoms with E-state index >= 15 is 0 Å². The maximum atomic E-state index is 12.4. The molecule has 4 nitrogen and oxygen atoms in total. The molecule has 4 heteroatoms. The van der Waals surface area contributed by atoms with E-state index in [2.05, 4.69) is 5.32 Å². The van der Waals surface area contributed by atoms with Crippen molar-refractivity contribution in [3.8, 4) is 0 Å². The lowest BCUT2D eigenvalue weighted by molar-refractivity contribution is -0.123. The Kier molecular flexibility index (Phi) is 4.59. The predicted octanol–water partition coefficient (Wildman–Crippen LogP) is 3.01. The Morgan fingerprint density at radius 2 is 2.09 bits per heavy atom. The molecule has 0 saturated heterocycles. The van der Waals surface area contributed by atoms with Gasteiger partial charge in [-0.25, -0.2) is 0 Å². The molecule has 1 aliphatic rings. The fraction of sp³-hybridized carbons (Fsp3) is 0.389. The smallest absolute Gasteiger partial charge is 0.224 e. The maximum absolute atomic E-state index is 12.4. The Bertz CT molecular complexity index is 594. The highest BCUT2D eigenvalue weighted by Gasteiger charge is 2.46. The zero-order valence-electron chi connectivity index (χ0n) is 12.4. The second kappa shape index (κ2) is 6.79. The average Bonchev–Trinajstić information content (AvgIpc) is 3.18. The van der Waals surface area contributed by atoms with Crippen molar-refractivity contribution in [2.45, 2.75) is 31.2 Å². The number of furan rings is 1. The van der Waals surface area contributed by atoms with Crippen LogP contribution in [0, 0.1) is 5.92 Å². The van der Waals surface area contributed by atoms with E-state index in [0.29, 0.717) is 6.42 Å². The number of rotatable bonds is 7. The normalized spacial score (nSPS) is 21.3. The molecule has 1 fully saturated rings. The Morgan fingerprint density at radius 1 is 1.27 bits per heavy atom. The summed E-state index contributed by atoms with van der Waals surface area (Å²) in [5, 5.41) is 12.2. The number of amides is 1. The minimum Gasteiger partial charge on any atom is -0.469 e. The Hall–Kier alpha value is -2.07. The highest BCUT2D eigenvalue weighted by molar-refractivity contribution is 5.83. The summed E-state index contributed by atoms with van der Waals surface area (Å²) in [6.45, 7) is 0.137. The quantitative estimate of drug-likeness (QED) is 0.826. The van der Waals surface area contributed by atoms with Crippen LogP contribution in [0.5, 0.6) is 0 Å². The van der Waals surface area contributed by atoms with Gasteiger partial charge < -0.3 is 14.8 Å². The van der Waals surface area contributed by atoms with Crippen LogP contribution in [0.15, 0.2) is 53.1 Å². The van der Waals surface area contributed by atoms with Gasteiger partial charge in [0.05, 0.1) is 12.3 Å². The molecule has 2 N–H and O–H groups in total. The van der Waals surface area contributed by atoms with Crippen LogP contribution in [0.4, 0.5) is 0 Å². The van der Waals surface area contributed by atoms with Gasteiger partial charge in [0.25, 0.3) is 0 Å². The van der Waals surface area contributed by atoms with E-state index in [1.807, 2.05) is 42.5 Å². The van der Waals surface area contributed by atoms with E-state index in [4.69, 9.17) is 9.52 Å². The molecular weight excluding hydrogens is 278 g/mol. The van der Waals surface area contributed by atoms with Gasteiger partial charge >= 0.3 is 0 Å². The van der Waals surface area contributed by atoms with Gasteiger partial charge in [-0.3, -0.25) is 4.79 Å². The van der Waals surface area contributed by atoms with Crippen LogP contribution in [-0.4, -0.2) is 17.6 Å². The van der Waals surface area contributed by atoms with Crippen molar-refractivity contribution in [3.63, 3.8) is 0 Å². The van der Waals surface area contributed by atoms with E-state index in [1.54, 1.807) is 6.26 Å². The third-order valence-corrected chi connectivity index (χ3v) is 4.21. The van der Waals surface area contributed by atoms with Crippen LogP contribution in [0.3, 0.4) is 0 Å². The van der Waals surface area contributed by atoms with Crippen molar-refractivity contribution < 1.29 is 14.3 Å². The van der Waals surface area contributed by atoms with E-state index in [-0.39, 0.29) is 30.4 Å². The second-order valence-corrected chi connectivity index (χ2v) is 5.80. The lowest BCUT2D eigenvalue weighted by Crippen LogP contribution is -2.30. The summed E-state index contributed by atoms with van der Waals surface area (Å²) in [5.41, 5.74) is 1.08. The number of aliphatic hydroxyl groups excluding tert-OH is 1. The summed E-state index contributed by atoms with van der Waals surface area (Å²) in [6.07, 6.45) is 3.91. The van der Waals surface area contributed by atoms with E-state index in [1.165, 1.54) is 0 Å². The molecule has 1 aliphatic carbocycles. The van der Waals surface area contributed by atoms with Crippen molar-refractivity contribution >= 4 is 5.91 Å². The Balaban J connectivity index is 1.62. The molecule has 0 bridgehead atoms. The van der Waals surface area contributed by atoms with Crippen LogP contribution < -0.4 is 5.32 Å². The molecule has 1 aromatic carbocycles. The average molecular weight is 299 g/mol. The molecule has 3 atom stereocenters. The Labute approximate surface area is 130 Å². The van der Waals surface area contributed by atoms with E-state index in [0.717, 1.165) is 24.2 Å². The molecule has 116 valence electrons. The number of benzene rings is 1. The number of hydrogen-bond donors (Lipinski definition) is 2. The van der Waals surface area contributed by atoms with Crippen LogP contribution in [0.25, 0.3) is 0 Å². The van der Waals surface area contributed by atoms with Crippen molar-refractivity contribution in [2.24, 2.45) is 5.92 Å². The standard InChI is InChI=1S/C18H21NO3/c20-10-4-8-16(13-6-2-1-3-7-13)19-18(21)15-12-14(15)17-9-5-11-22-17/h1-3,5-7,9,11,14-16,20H,4,8,10,12H2,(H,19,21). The van der Waals surface area contributed by atoms with Gasteiger partial charge in [0.1, 0.15) is 5.76 Å². The van der Waals surface area contributed by atoms with Gasteiger partial charge in [0, 0.05) is 18.4 Å². The van der Waals surface area contributed by atoms with E-state index in [9.17, 15) is 4.79 Å². The van der Waals surface area contributed by atoms with Crippen molar-refractivity contribution in [2.75, 3.05) is 6.61 Å². The molecule has 3 rings (SSSR count). The molecule has 0 radical (unpaired) electrons. The summed E-state index contributed by atoms with van der Waals surface area (Å²) in [7, 11) is 0. The molecule has 22 heavy (non-hydrogen) atoms. The topological polar surface area (TPSA) is 62.5 Å². The first-order chi connectivity index (χ1) is 10.8. The molecule has 1 saturated carbocycles. The summed E-state index contributed by atoms with van der Waals surface area (Å²) in [4.78, 5) is 12.4. The monoisotopic (exact) mass is 299 g/mol. The summed E-state index contributed by atoms with van der Waals surface area (Å²) < 4.78 is 5.38. The predicted molar refractivity (Wildman–Crippen MR) is 83.2 cm³/mol. The minimum absolute atomic E-state index is 0.00601. The molecule has 0 spiro atoms. The van der Waals surface area contributed by atoms with Gasteiger partial charge in [0.15, 0.2) is 0 Å². The number of hydrogen-bond acceptors (Lipinski definition) is 3. The summed E-state index contributed by atoms with van der Waals surface area (Å²) in [5.74, 6) is 1.19. The molecule has 2 aromatic rings. The first kappa shape index (κ1) is 14.9. The first-order valence-electron chi connectivity index (χ1n) is 7.79. The summed E-state index contributed by atoms with van der Waals surface area (Å²) >= 11 is 0. The molecule has 1 heterocycles. The van der Waals surface area contributed by atoms with Gasteiger partial charge in [-0.05, 0) is 37.0 Å². The van der Waals surface area contributed by atoms with Crippen molar-refractivity contribution in [1.29, 1.82) is 0 Å². The van der Waals surface area contributed by atoms with Crippen molar-refractivity contribution in [3.05, 3.63) is 60.1 Å². The highest BCUT2D eigenvalue weighted by Crippen LogP contribution is 2.48. The van der Waals surface area contributed by atoms with E-state index < -0.39 is 0 Å². The molecular formula is C18H21NO3. The van der Waals surface area contributed by atoms with Gasteiger partial charge in [-0.2, -0.15) is 0 Å². The number of aliphatic hydroxyl groups is 1. The summed E-state index contributed by atoms with van der Waals surface area (Å²) in [6, 6.07) is 13.7. The first-order valence-corrected chi connectivity index (χ1v) is 7.79. The van der Waals surface area contributed by atoms with Gasteiger partial charge in [0.2, 0.25) is 5.91 Å². The van der Waals surface area contributed by atoms with Crippen LogP contribution >= 0.6 is 0 Å². The molecule has 1 amide bonds. The van der Waals surface area contributed by atoms with Crippen LogP contribution in [0.1, 0.15) is 42.5 Å². The fourth-order valence-electron chi connectivity index (χ4n) is 2.88. The fourth-order valence-corrected chi connectivity index (χ4v) is 2.88. The van der Waals surface area contributed by atoms with Crippen LogP contribution in [-0.2, 0) is 4.79 Å². The zero-order valence-corrected chi connectivity index (χ0v) is 12.4. The molecule has 3 unspecified atom stereocenters. The lowest BCUT2D eigenvalue weighted by Gasteiger charge is -2.19. The number of carbonyl (C=O) groups excluding carboxylic acids is 1. The Morgan fingerprint density at radius 3 is 2.77 bits per heavy atom. The molecule has 1 aromatic heterocycles. The number of nitrogens with one attached hydrogen (secondary N) is 1. The largest absolute Gasteiger partial charge is 0.469 e. The van der Waals surface area contributed by atoms with Crippen molar-refractivity contribution in [1.82, 2.24) is 5.32 Å². The molecule has 0 aliphatic heterocycles. The lowest BCUT2D eigenvalue weighted by atomic mass is 10.0. The van der Waals surface area contributed by atoms with Crippen LogP contribution in [0.2, 0.25) is 0 Å². The third-order valence-electron chi connectivity index (χ3n) is 4.21. The minimum atomic E-state index is -0.0429.